The molecule has 0 aromatic heterocycles. The number of halogens is 1. The number of guanidine groups is 1. The van der Waals surface area contributed by atoms with Gasteiger partial charge in [0.15, 0.2) is 5.96 Å². The second kappa shape index (κ2) is 12.4. The maximum Gasteiger partial charge on any atom is 0.211 e. The molecule has 0 bridgehead atoms. The van der Waals surface area contributed by atoms with Crippen molar-refractivity contribution >= 4 is 45.6 Å². The molecule has 1 saturated heterocycles. The Kier molecular flexibility index (Phi) is 11.0. The highest BCUT2D eigenvalue weighted by Crippen LogP contribution is 2.15. The molecule has 2 rings (SSSR count). The van der Waals surface area contributed by atoms with E-state index in [4.69, 9.17) is 0 Å². The van der Waals surface area contributed by atoms with Crippen molar-refractivity contribution in [2.75, 3.05) is 56.5 Å². The van der Waals surface area contributed by atoms with Gasteiger partial charge in [0.25, 0.3) is 0 Å². The third-order valence-corrected chi connectivity index (χ3v) is 5.74. The van der Waals surface area contributed by atoms with Crippen molar-refractivity contribution in [2.24, 2.45) is 4.99 Å². The Bertz CT molecular complexity index is 662. The van der Waals surface area contributed by atoms with Crippen molar-refractivity contribution in [3.8, 4) is 0 Å². The smallest absolute Gasteiger partial charge is 0.211 e. The van der Waals surface area contributed by atoms with Crippen molar-refractivity contribution in [3.05, 3.63) is 30.3 Å². The molecule has 0 amide bonds. The molecule has 0 aliphatic carbocycles. The average molecular weight is 509 g/mol. The third kappa shape index (κ3) is 8.22. The van der Waals surface area contributed by atoms with Crippen LogP contribution in [0.5, 0.6) is 0 Å². The van der Waals surface area contributed by atoms with Crippen molar-refractivity contribution < 1.29 is 8.42 Å². The predicted molar refractivity (Wildman–Crippen MR) is 124 cm³/mol. The fourth-order valence-electron chi connectivity index (χ4n) is 2.83. The summed E-state index contributed by atoms with van der Waals surface area (Å²) in [6.07, 6.45) is 0.693. The van der Waals surface area contributed by atoms with E-state index >= 15 is 0 Å². The molecule has 0 spiro atoms. The van der Waals surface area contributed by atoms with Gasteiger partial charge in [-0.05, 0) is 32.4 Å². The summed E-state index contributed by atoms with van der Waals surface area (Å²) in [5.41, 5.74) is 1.26. The minimum atomic E-state index is -3.11. The van der Waals surface area contributed by atoms with Crippen LogP contribution < -0.4 is 14.9 Å². The van der Waals surface area contributed by atoms with Gasteiger partial charge in [0.2, 0.25) is 10.0 Å². The SMILES string of the molecule is CCNC(=NCCCNS(=O)(=O)CC)N1CCN(c2ccccc2)CC1.I. The number of nitrogens with zero attached hydrogens (tertiary/aromatic N) is 3. The number of benzene rings is 1. The van der Waals surface area contributed by atoms with Crippen LogP contribution in [0, 0.1) is 0 Å². The summed E-state index contributed by atoms with van der Waals surface area (Å²) in [5.74, 6) is 1.03. The minimum absolute atomic E-state index is 0. The molecule has 7 nitrogen and oxygen atoms in total. The zero-order valence-corrected chi connectivity index (χ0v) is 19.4. The number of aliphatic imine (C=N–C) groups is 1. The van der Waals surface area contributed by atoms with E-state index in [1.165, 1.54) is 5.69 Å². The molecule has 9 heteroatoms. The molecule has 1 aliphatic heterocycles. The van der Waals surface area contributed by atoms with Gasteiger partial charge < -0.3 is 15.1 Å². The Morgan fingerprint density at radius 3 is 2.37 bits per heavy atom. The lowest BCUT2D eigenvalue weighted by molar-refractivity contribution is 0.372. The Hall–Kier alpha value is -1.07. The second-order valence-electron chi connectivity index (χ2n) is 6.20. The molecule has 1 aromatic rings. The number of sulfonamides is 1. The van der Waals surface area contributed by atoms with Crippen molar-refractivity contribution in [1.82, 2.24) is 14.9 Å². The van der Waals surface area contributed by atoms with Gasteiger partial charge in [-0.1, -0.05) is 18.2 Å². The van der Waals surface area contributed by atoms with Crippen LogP contribution in [0.4, 0.5) is 5.69 Å². The molecule has 0 atom stereocenters. The number of hydrogen-bond donors (Lipinski definition) is 2. The van der Waals surface area contributed by atoms with Crippen molar-refractivity contribution in [2.45, 2.75) is 20.3 Å². The fraction of sp³-hybridized carbons (Fsp3) is 0.611. The van der Waals surface area contributed by atoms with Crippen molar-refractivity contribution in [1.29, 1.82) is 0 Å². The van der Waals surface area contributed by atoms with E-state index in [2.05, 4.69) is 56.0 Å². The van der Waals surface area contributed by atoms with Crippen molar-refractivity contribution in [3.63, 3.8) is 0 Å². The van der Waals surface area contributed by atoms with E-state index in [1.54, 1.807) is 6.92 Å². The van der Waals surface area contributed by atoms with Gasteiger partial charge in [-0.2, -0.15) is 0 Å². The van der Waals surface area contributed by atoms with Crippen LogP contribution in [-0.2, 0) is 10.0 Å². The molecule has 1 aliphatic rings. The largest absolute Gasteiger partial charge is 0.368 e. The highest BCUT2D eigenvalue weighted by molar-refractivity contribution is 14.0. The molecule has 2 N–H and O–H groups in total. The third-order valence-electron chi connectivity index (χ3n) is 4.33. The van der Waals surface area contributed by atoms with Crippen LogP contribution in [0.2, 0.25) is 0 Å². The molecule has 1 aromatic carbocycles. The topological polar surface area (TPSA) is 77.0 Å². The van der Waals surface area contributed by atoms with Crippen LogP contribution in [0.15, 0.2) is 35.3 Å². The number of para-hydroxylation sites is 1. The quantitative estimate of drug-likeness (QED) is 0.242. The highest BCUT2D eigenvalue weighted by Gasteiger charge is 2.19. The molecule has 27 heavy (non-hydrogen) atoms. The standard InChI is InChI=1S/C18H31N5O2S.HI/c1-3-19-18(20-11-8-12-21-26(24,25)4-2)23-15-13-22(14-16-23)17-9-6-5-7-10-17;/h5-7,9-10,21H,3-4,8,11-16H2,1-2H3,(H,19,20);1H. The van der Waals surface area contributed by atoms with Gasteiger partial charge in [-0.15, -0.1) is 24.0 Å². The summed E-state index contributed by atoms with van der Waals surface area (Å²) in [6, 6.07) is 10.5. The normalized spacial score (nSPS) is 15.4. The first-order valence-electron chi connectivity index (χ1n) is 9.36. The van der Waals surface area contributed by atoms with Crippen LogP contribution in [0.25, 0.3) is 0 Å². The Labute approximate surface area is 180 Å². The van der Waals surface area contributed by atoms with E-state index in [0.29, 0.717) is 19.5 Å². The fourth-order valence-corrected chi connectivity index (χ4v) is 3.49. The van der Waals surface area contributed by atoms with E-state index in [9.17, 15) is 8.42 Å². The van der Waals surface area contributed by atoms with Gasteiger partial charge in [0.05, 0.1) is 5.75 Å². The Morgan fingerprint density at radius 2 is 1.78 bits per heavy atom. The first-order valence-corrected chi connectivity index (χ1v) is 11.0. The summed E-state index contributed by atoms with van der Waals surface area (Å²) in [5, 5.41) is 3.34. The molecular formula is C18H32IN5O2S. The molecule has 0 radical (unpaired) electrons. The first-order chi connectivity index (χ1) is 12.6. The monoisotopic (exact) mass is 509 g/mol. The van der Waals surface area contributed by atoms with Gasteiger partial charge in [0, 0.05) is 51.5 Å². The van der Waals surface area contributed by atoms with Gasteiger partial charge in [-0.25, -0.2) is 13.1 Å². The summed E-state index contributed by atoms with van der Waals surface area (Å²) in [7, 11) is -3.11. The van der Waals surface area contributed by atoms with Crippen LogP contribution in [0.3, 0.4) is 0 Å². The molecule has 0 unspecified atom stereocenters. The van der Waals surface area contributed by atoms with Crippen LogP contribution in [-0.4, -0.2) is 70.8 Å². The lowest BCUT2D eigenvalue weighted by Crippen LogP contribution is -2.52. The zero-order chi connectivity index (χ0) is 18.8. The van der Waals surface area contributed by atoms with Gasteiger partial charge in [-0.3, -0.25) is 4.99 Å². The summed E-state index contributed by atoms with van der Waals surface area (Å²) < 4.78 is 25.4. The van der Waals surface area contributed by atoms with Crippen LogP contribution in [0.1, 0.15) is 20.3 Å². The van der Waals surface area contributed by atoms with Gasteiger partial charge in [0.1, 0.15) is 0 Å². The maximum absolute atomic E-state index is 11.4. The number of hydrogen-bond acceptors (Lipinski definition) is 4. The van der Waals surface area contributed by atoms with E-state index in [-0.39, 0.29) is 29.7 Å². The molecule has 1 heterocycles. The molecule has 1 fully saturated rings. The Balaban J connectivity index is 0.00000364. The van der Waals surface area contributed by atoms with E-state index < -0.39 is 10.0 Å². The summed E-state index contributed by atoms with van der Waals surface area (Å²) in [6.45, 7) is 9.32. The highest BCUT2D eigenvalue weighted by atomic mass is 127. The zero-order valence-electron chi connectivity index (χ0n) is 16.2. The maximum atomic E-state index is 11.4. The number of nitrogens with one attached hydrogen (secondary N) is 2. The number of rotatable bonds is 8. The summed E-state index contributed by atoms with van der Waals surface area (Å²) in [4.78, 5) is 9.32. The number of anilines is 1. The predicted octanol–water partition coefficient (Wildman–Crippen LogP) is 1.72. The second-order valence-corrected chi connectivity index (χ2v) is 8.29. The van der Waals surface area contributed by atoms with E-state index in [1.807, 2.05) is 6.07 Å². The molecule has 154 valence electrons. The number of piperazine rings is 1. The van der Waals surface area contributed by atoms with E-state index in [0.717, 1.165) is 38.7 Å². The summed E-state index contributed by atoms with van der Waals surface area (Å²) >= 11 is 0. The first kappa shape index (κ1) is 24.0. The molecule has 0 saturated carbocycles. The molecular weight excluding hydrogens is 477 g/mol. The Morgan fingerprint density at radius 1 is 1.11 bits per heavy atom. The lowest BCUT2D eigenvalue weighted by Gasteiger charge is -2.37. The van der Waals surface area contributed by atoms with Gasteiger partial charge >= 0.3 is 0 Å². The minimum Gasteiger partial charge on any atom is -0.368 e. The average Bonchev–Trinajstić information content (AvgIpc) is 2.68. The van der Waals surface area contributed by atoms with Crippen LogP contribution >= 0.6 is 24.0 Å². The lowest BCUT2D eigenvalue weighted by atomic mass is 10.2.